The number of halogens is 1. The van der Waals surface area contributed by atoms with E-state index in [0.717, 1.165) is 10.0 Å². The highest BCUT2D eigenvalue weighted by Gasteiger charge is 2.00. The Balaban J connectivity index is 2.90. The Morgan fingerprint density at radius 3 is 2.31 bits per heavy atom. The lowest BCUT2D eigenvalue weighted by atomic mass is 10.2. The van der Waals surface area contributed by atoms with Crippen molar-refractivity contribution in [1.29, 1.82) is 0 Å². The molecule has 1 aromatic carbocycles. The van der Waals surface area contributed by atoms with E-state index in [1.807, 2.05) is 36.8 Å². The normalized spacial score (nSPS) is 10.2. The highest BCUT2D eigenvalue weighted by atomic mass is 79.9. The van der Waals surface area contributed by atoms with Gasteiger partial charge in [-0.05, 0) is 36.8 Å². The predicted molar refractivity (Wildman–Crippen MR) is 64.0 cm³/mol. The number of rotatable bonds is 2. The van der Waals surface area contributed by atoms with Crippen LogP contribution in [0.5, 0.6) is 0 Å². The smallest absolute Gasteiger partial charge is 0.191 e. The zero-order valence-electron chi connectivity index (χ0n) is 7.58. The van der Waals surface area contributed by atoms with E-state index in [4.69, 9.17) is 0 Å². The quantitative estimate of drug-likeness (QED) is 0.589. The SMILES string of the molecule is CS(C)=CC(=O)c1ccc(Br)cc1. The Labute approximate surface area is 89.2 Å². The third-order valence-electron chi connectivity index (χ3n) is 1.47. The Bertz CT molecular complexity index is 336. The molecule has 0 saturated carbocycles. The molecule has 0 fully saturated rings. The molecular weight excluding hydrogens is 248 g/mol. The molecule has 1 aromatic rings. The fourth-order valence-electron chi connectivity index (χ4n) is 0.896. The summed E-state index contributed by atoms with van der Waals surface area (Å²) in [7, 11) is 0.0622. The van der Waals surface area contributed by atoms with Crippen LogP contribution < -0.4 is 0 Å². The molecule has 0 bridgehead atoms. The van der Waals surface area contributed by atoms with Crippen molar-refractivity contribution in [2.24, 2.45) is 0 Å². The Kier molecular flexibility index (Phi) is 3.88. The molecule has 0 aliphatic heterocycles. The number of carbonyl (C=O) groups is 1. The highest BCUT2D eigenvalue weighted by Crippen LogP contribution is 2.11. The number of carbonyl (C=O) groups excluding carboxylic acids is 1. The minimum atomic E-state index is 0.0622. The molecule has 70 valence electrons. The summed E-state index contributed by atoms with van der Waals surface area (Å²) < 4.78 is 0.996. The van der Waals surface area contributed by atoms with Crippen molar-refractivity contribution >= 4 is 37.6 Å². The van der Waals surface area contributed by atoms with Gasteiger partial charge in [0.15, 0.2) is 5.78 Å². The Morgan fingerprint density at radius 1 is 1.31 bits per heavy atom. The number of ketones is 1. The highest BCUT2D eigenvalue weighted by molar-refractivity contribution is 9.10. The summed E-state index contributed by atoms with van der Waals surface area (Å²) in [6.07, 6.45) is 4.05. The van der Waals surface area contributed by atoms with Crippen LogP contribution in [0.2, 0.25) is 0 Å². The van der Waals surface area contributed by atoms with E-state index in [9.17, 15) is 4.79 Å². The molecule has 0 N–H and O–H groups in total. The van der Waals surface area contributed by atoms with Gasteiger partial charge in [0.05, 0.1) is 0 Å². The van der Waals surface area contributed by atoms with Crippen LogP contribution in [-0.4, -0.2) is 23.7 Å². The maximum atomic E-state index is 11.5. The number of hydrogen-bond acceptors (Lipinski definition) is 1. The third-order valence-corrected chi connectivity index (χ3v) is 2.69. The summed E-state index contributed by atoms with van der Waals surface area (Å²) in [5.74, 6) is 0.112. The summed E-state index contributed by atoms with van der Waals surface area (Å²) in [6.45, 7) is 0. The van der Waals surface area contributed by atoms with Crippen molar-refractivity contribution < 1.29 is 4.79 Å². The molecule has 0 unspecified atom stereocenters. The van der Waals surface area contributed by atoms with E-state index in [2.05, 4.69) is 15.9 Å². The van der Waals surface area contributed by atoms with Crippen molar-refractivity contribution in [2.45, 2.75) is 0 Å². The molecule has 0 saturated heterocycles. The summed E-state index contributed by atoms with van der Waals surface area (Å²) in [6, 6.07) is 7.42. The number of Topliss-reactive ketones (excluding diaryl/α,β-unsaturated/α-hetero) is 1. The summed E-state index contributed by atoms with van der Waals surface area (Å²) in [4.78, 5) is 11.5. The summed E-state index contributed by atoms with van der Waals surface area (Å²) in [5, 5.41) is 1.75. The zero-order chi connectivity index (χ0) is 9.84. The standard InChI is InChI=1S/C10H11BrOS/c1-13(2)7-10(12)8-3-5-9(11)6-4-8/h3-7H,1-2H3. The van der Waals surface area contributed by atoms with Crippen molar-refractivity contribution in [3.63, 3.8) is 0 Å². The monoisotopic (exact) mass is 258 g/mol. The predicted octanol–water partition coefficient (Wildman–Crippen LogP) is 2.96. The molecule has 13 heavy (non-hydrogen) atoms. The molecule has 0 amide bonds. The second kappa shape index (κ2) is 4.72. The zero-order valence-corrected chi connectivity index (χ0v) is 9.98. The van der Waals surface area contributed by atoms with Crippen LogP contribution >= 0.6 is 26.4 Å². The van der Waals surface area contributed by atoms with Crippen molar-refractivity contribution in [3.8, 4) is 0 Å². The van der Waals surface area contributed by atoms with Gasteiger partial charge in [-0.2, -0.15) is 10.5 Å². The molecule has 0 aliphatic carbocycles. The molecule has 0 radical (unpaired) electrons. The van der Waals surface area contributed by atoms with Gasteiger partial charge in [0, 0.05) is 15.4 Å². The van der Waals surface area contributed by atoms with E-state index >= 15 is 0 Å². The molecule has 0 heterocycles. The van der Waals surface area contributed by atoms with Gasteiger partial charge in [-0.15, -0.1) is 0 Å². The average molecular weight is 259 g/mol. The van der Waals surface area contributed by atoms with E-state index in [1.165, 1.54) is 0 Å². The van der Waals surface area contributed by atoms with Crippen LogP contribution in [-0.2, 0) is 0 Å². The number of hydrogen-bond donors (Lipinski definition) is 0. The Morgan fingerprint density at radius 2 is 1.85 bits per heavy atom. The summed E-state index contributed by atoms with van der Waals surface area (Å²) in [5.41, 5.74) is 0.754. The molecule has 1 rings (SSSR count). The van der Waals surface area contributed by atoms with Crippen LogP contribution in [0.3, 0.4) is 0 Å². The van der Waals surface area contributed by atoms with E-state index in [-0.39, 0.29) is 16.3 Å². The molecule has 1 nitrogen and oxygen atoms in total. The van der Waals surface area contributed by atoms with Crippen molar-refractivity contribution in [1.82, 2.24) is 0 Å². The minimum absolute atomic E-state index is 0.0622. The molecule has 0 spiro atoms. The van der Waals surface area contributed by atoms with Crippen LogP contribution in [0.15, 0.2) is 28.7 Å². The largest absolute Gasteiger partial charge is 0.289 e. The first-order valence-corrected chi connectivity index (χ1v) is 6.70. The van der Waals surface area contributed by atoms with Gasteiger partial charge in [-0.3, -0.25) is 4.79 Å². The van der Waals surface area contributed by atoms with Gasteiger partial charge in [0.1, 0.15) is 0 Å². The van der Waals surface area contributed by atoms with Gasteiger partial charge in [0.25, 0.3) is 0 Å². The first-order valence-electron chi connectivity index (χ1n) is 3.81. The van der Waals surface area contributed by atoms with Gasteiger partial charge >= 0.3 is 0 Å². The minimum Gasteiger partial charge on any atom is -0.289 e. The molecule has 0 aliphatic rings. The molecule has 0 aromatic heterocycles. The van der Waals surface area contributed by atoms with Crippen molar-refractivity contribution in [2.75, 3.05) is 12.5 Å². The van der Waals surface area contributed by atoms with Crippen LogP contribution in [0.1, 0.15) is 10.4 Å². The lowest BCUT2D eigenvalue weighted by Gasteiger charge is -1.96. The summed E-state index contributed by atoms with van der Waals surface area (Å²) >= 11 is 3.33. The van der Waals surface area contributed by atoms with Gasteiger partial charge in [-0.1, -0.05) is 15.9 Å². The topological polar surface area (TPSA) is 17.1 Å². The van der Waals surface area contributed by atoms with Crippen LogP contribution in [0.4, 0.5) is 0 Å². The lowest BCUT2D eigenvalue weighted by molar-refractivity contribution is 0.107. The first-order chi connectivity index (χ1) is 6.09. The van der Waals surface area contributed by atoms with Gasteiger partial charge in [-0.25, -0.2) is 0 Å². The second-order valence-corrected chi connectivity index (χ2v) is 5.78. The van der Waals surface area contributed by atoms with Crippen LogP contribution in [0.25, 0.3) is 0 Å². The third kappa shape index (κ3) is 3.44. The van der Waals surface area contributed by atoms with E-state index in [1.54, 1.807) is 5.37 Å². The Hall–Kier alpha value is -0.410. The van der Waals surface area contributed by atoms with Crippen molar-refractivity contribution in [3.05, 3.63) is 34.3 Å². The van der Waals surface area contributed by atoms with E-state index < -0.39 is 0 Å². The maximum absolute atomic E-state index is 11.5. The fourth-order valence-corrected chi connectivity index (χ4v) is 1.72. The average Bonchev–Trinajstić information content (AvgIpc) is 2.04. The first kappa shape index (κ1) is 10.7. The molecule has 3 heteroatoms. The van der Waals surface area contributed by atoms with E-state index in [0.29, 0.717) is 0 Å². The van der Waals surface area contributed by atoms with Gasteiger partial charge in [0.2, 0.25) is 0 Å². The molecular formula is C10H11BrOS. The van der Waals surface area contributed by atoms with Crippen LogP contribution in [0, 0.1) is 0 Å². The lowest BCUT2D eigenvalue weighted by Crippen LogP contribution is -1.99. The molecule has 0 atom stereocenters. The second-order valence-electron chi connectivity index (χ2n) is 2.87. The maximum Gasteiger partial charge on any atom is 0.191 e. The fraction of sp³-hybridized carbons (Fsp3) is 0.200. The van der Waals surface area contributed by atoms with Gasteiger partial charge < -0.3 is 0 Å². The number of benzene rings is 1.